The summed E-state index contributed by atoms with van der Waals surface area (Å²) in [4.78, 5) is 47.3. The number of hydrogen-bond acceptors (Lipinski definition) is 7. The van der Waals surface area contributed by atoms with Crippen molar-refractivity contribution in [1.82, 2.24) is 19.9 Å². The number of amides is 1. The predicted molar refractivity (Wildman–Crippen MR) is 115 cm³/mol. The van der Waals surface area contributed by atoms with Crippen LogP contribution in [-0.4, -0.2) is 69.3 Å². The first-order chi connectivity index (χ1) is 16.6. The first kappa shape index (κ1) is 24.0. The molecule has 2 aromatic heterocycles. The third kappa shape index (κ3) is 5.34. The largest absolute Gasteiger partial charge is 0.490 e. The number of alkyl halides is 3. The molecule has 1 fully saturated rings. The van der Waals surface area contributed by atoms with Gasteiger partial charge >= 0.3 is 12.1 Å². The summed E-state index contributed by atoms with van der Waals surface area (Å²) in [6.45, 7) is 2.11. The first-order valence-electron chi connectivity index (χ1n) is 10.5. The third-order valence-corrected chi connectivity index (χ3v) is 5.42. The Balaban J connectivity index is 0.000000364. The predicted octanol–water partition coefficient (Wildman–Crippen LogP) is 2.35. The Morgan fingerprint density at radius 3 is 2.57 bits per heavy atom. The molecule has 0 bridgehead atoms. The van der Waals surface area contributed by atoms with Crippen molar-refractivity contribution in [2.45, 2.75) is 18.5 Å². The number of carboxylic acid groups (broad SMARTS) is 1. The van der Waals surface area contributed by atoms with Gasteiger partial charge in [-0.2, -0.15) is 13.2 Å². The number of nitrogens with zero attached hydrogens (tertiary/aromatic N) is 3. The van der Waals surface area contributed by atoms with Gasteiger partial charge in [-0.15, -0.1) is 0 Å². The summed E-state index contributed by atoms with van der Waals surface area (Å²) >= 11 is 0. The average Bonchev–Trinajstić information content (AvgIpc) is 3.33. The van der Waals surface area contributed by atoms with Gasteiger partial charge in [0.15, 0.2) is 11.5 Å². The molecular weight excluding hydrogens is 473 g/mol. The molecule has 0 saturated carbocycles. The lowest BCUT2D eigenvalue weighted by Crippen LogP contribution is -2.29. The number of pyridine rings is 1. The third-order valence-electron chi connectivity index (χ3n) is 5.42. The molecule has 0 spiro atoms. The molecule has 5 rings (SSSR count). The Bertz CT molecular complexity index is 1330. The molecule has 13 heteroatoms. The molecule has 2 aliphatic heterocycles. The smallest absolute Gasteiger partial charge is 0.486 e. The lowest BCUT2D eigenvalue weighted by molar-refractivity contribution is -0.192. The summed E-state index contributed by atoms with van der Waals surface area (Å²) in [6, 6.07) is 6.98. The van der Waals surface area contributed by atoms with Crippen molar-refractivity contribution in [2.75, 3.05) is 26.3 Å². The van der Waals surface area contributed by atoms with Crippen molar-refractivity contribution >= 4 is 22.8 Å². The SMILES string of the molecule is O=C(O)C(F)(F)F.O=C(c1ccc2c(c1)OCCO2)N1CCC(c2nc3ccncc3c(=O)[nH]2)C1. The molecule has 184 valence electrons. The van der Waals surface area contributed by atoms with Crippen LogP contribution in [-0.2, 0) is 4.79 Å². The van der Waals surface area contributed by atoms with E-state index in [9.17, 15) is 22.8 Å². The van der Waals surface area contributed by atoms with Gasteiger partial charge in [0, 0.05) is 37.0 Å². The Morgan fingerprint density at radius 2 is 1.86 bits per heavy atom. The van der Waals surface area contributed by atoms with Crippen molar-refractivity contribution in [3.63, 3.8) is 0 Å². The summed E-state index contributed by atoms with van der Waals surface area (Å²) in [5, 5.41) is 7.59. The van der Waals surface area contributed by atoms with Crippen LogP contribution in [0.25, 0.3) is 10.9 Å². The monoisotopic (exact) mass is 492 g/mol. The number of fused-ring (bicyclic) bond motifs is 2. The quantitative estimate of drug-likeness (QED) is 0.557. The highest BCUT2D eigenvalue weighted by molar-refractivity contribution is 5.95. The van der Waals surface area contributed by atoms with E-state index >= 15 is 0 Å². The van der Waals surface area contributed by atoms with Crippen LogP contribution in [0, 0.1) is 0 Å². The van der Waals surface area contributed by atoms with Crippen molar-refractivity contribution in [2.24, 2.45) is 0 Å². The number of carbonyl (C=O) groups is 2. The summed E-state index contributed by atoms with van der Waals surface area (Å²) in [6.07, 6.45) is -1.21. The van der Waals surface area contributed by atoms with Crippen LogP contribution < -0.4 is 15.0 Å². The Hall–Kier alpha value is -4.16. The maximum atomic E-state index is 12.9. The molecule has 0 aliphatic carbocycles. The second kappa shape index (κ2) is 9.60. The maximum absolute atomic E-state index is 12.9. The van der Waals surface area contributed by atoms with E-state index in [1.807, 2.05) is 0 Å². The second-order valence-electron chi connectivity index (χ2n) is 7.74. The van der Waals surface area contributed by atoms with Crippen molar-refractivity contribution in [1.29, 1.82) is 0 Å². The van der Waals surface area contributed by atoms with E-state index in [1.54, 1.807) is 35.4 Å². The zero-order valence-electron chi connectivity index (χ0n) is 18.0. The topological polar surface area (TPSA) is 135 Å². The van der Waals surface area contributed by atoms with Crippen LogP contribution in [0.5, 0.6) is 11.5 Å². The normalized spacial score (nSPS) is 17.0. The van der Waals surface area contributed by atoms with E-state index in [1.165, 1.54) is 6.20 Å². The number of H-pyrrole nitrogens is 1. The highest BCUT2D eigenvalue weighted by Crippen LogP contribution is 2.32. The number of aromatic nitrogens is 3. The number of carboxylic acids is 1. The maximum Gasteiger partial charge on any atom is 0.490 e. The molecule has 1 saturated heterocycles. The van der Waals surface area contributed by atoms with Gasteiger partial charge in [-0.1, -0.05) is 0 Å². The molecule has 35 heavy (non-hydrogen) atoms. The molecule has 0 radical (unpaired) electrons. The fraction of sp³-hybridized carbons (Fsp3) is 0.318. The fourth-order valence-corrected chi connectivity index (χ4v) is 3.72. The minimum absolute atomic E-state index is 0.00794. The van der Waals surface area contributed by atoms with Gasteiger partial charge in [0.2, 0.25) is 0 Å². The number of nitrogens with one attached hydrogen (secondary N) is 1. The zero-order valence-corrected chi connectivity index (χ0v) is 18.0. The fourth-order valence-electron chi connectivity index (χ4n) is 3.72. The van der Waals surface area contributed by atoms with E-state index in [-0.39, 0.29) is 17.4 Å². The second-order valence-corrected chi connectivity index (χ2v) is 7.74. The van der Waals surface area contributed by atoms with Gasteiger partial charge in [-0.25, -0.2) is 9.78 Å². The van der Waals surface area contributed by atoms with E-state index in [0.29, 0.717) is 60.1 Å². The summed E-state index contributed by atoms with van der Waals surface area (Å²) < 4.78 is 42.8. The lowest BCUT2D eigenvalue weighted by Gasteiger charge is -2.20. The molecule has 2 N–H and O–H groups in total. The first-order valence-corrected chi connectivity index (χ1v) is 10.5. The minimum Gasteiger partial charge on any atom is -0.486 e. The molecule has 1 amide bonds. The van der Waals surface area contributed by atoms with E-state index < -0.39 is 12.1 Å². The van der Waals surface area contributed by atoms with E-state index in [0.717, 1.165) is 6.42 Å². The van der Waals surface area contributed by atoms with Crippen LogP contribution in [0.3, 0.4) is 0 Å². The van der Waals surface area contributed by atoms with Gasteiger partial charge < -0.3 is 24.5 Å². The number of likely N-dealkylation sites (tertiary alicyclic amines) is 1. The van der Waals surface area contributed by atoms with Gasteiger partial charge in [0.25, 0.3) is 11.5 Å². The van der Waals surface area contributed by atoms with Crippen LogP contribution in [0.1, 0.15) is 28.5 Å². The van der Waals surface area contributed by atoms with Crippen LogP contribution >= 0.6 is 0 Å². The molecule has 1 unspecified atom stereocenters. The van der Waals surface area contributed by atoms with Crippen LogP contribution in [0.15, 0.2) is 41.5 Å². The minimum atomic E-state index is -5.08. The van der Waals surface area contributed by atoms with Crippen molar-refractivity contribution in [3.8, 4) is 11.5 Å². The molecule has 3 aromatic rings. The number of benzene rings is 1. The van der Waals surface area contributed by atoms with E-state index in [2.05, 4.69) is 15.0 Å². The lowest BCUT2D eigenvalue weighted by atomic mass is 10.1. The molecule has 10 nitrogen and oxygen atoms in total. The van der Waals surface area contributed by atoms with Crippen molar-refractivity contribution in [3.05, 3.63) is 58.4 Å². The van der Waals surface area contributed by atoms with Crippen molar-refractivity contribution < 1.29 is 37.3 Å². The van der Waals surface area contributed by atoms with Gasteiger partial charge in [0.05, 0.1) is 10.9 Å². The highest BCUT2D eigenvalue weighted by atomic mass is 19.4. The number of rotatable bonds is 2. The molecular formula is C22H19F3N4O6. The van der Waals surface area contributed by atoms with Gasteiger partial charge in [0.1, 0.15) is 19.0 Å². The Kier molecular flexibility index (Phi) is 6.58. The number of halogens is 3. The molecule has 4 heterocycles. The number of hydrogen-bond donors (Lipinski definition) is 2. The average molecular weight is 492 g/mol. The molecule has 1 atom stereocenters. The number of carbonyl (C=O) groups excluding carboxylic acids is 1. The number of aliphatic carboxylic acids is 1. The number of aromatic amines is 1. The Labute approximate surface area is 195 Å². The van der Waals surface area contributed by atoms with E-state index in [4.69, 9.17) is 19.4 Å². The Morgan fingerprint density at radius 1 is 1.14 bits per heavy atom. The summed E-state index contributed by atoms with van der Waals surface area (Å²) in [7, 11) is 0. The summed E-state index contributed by atoms with van der Waals surface area (Å²) in [5.74, 6) is -0.955. The highest BCUT2D eigenvalue weighted by Gasteiger charge is 2.38. The van der Waals surface area contributed by atoms with Gasteiger partial charge in [-0.05, 0) is 30.7 Å². The van der Waals surface area contributed by atoms with Crippen LogP contribution in [0.2, 0.25) is 0 Å². The molecule has 2 aliphatic rings. The summed E-state index contributed by atoms with van der Waals surface area (Å²) in [5.41, 5.74) is 0.978. The number of ether oxygens (including phenoxy) is 2. The van der Waals surface area contributed by atoms with Gasteiger partial charge in [-0.3, -0.25) is 14.6 Å². The molecule has 1 aromatic carbocycles. The standard InChI is InChI=1S/C20H18N4O4.C2HF3O2/c25-19-14-10-21-5-3-15(14)22-18(23-19)13-4-6-24(11-13)20(26)12-1-2-16-17(9-12)28-8-7-27-16;3-2(4,5)1(6)7/h1-3,5,9-10,13H,4,6-8,11H2,(H,22,23,25);(H,6,7). The zero-order chi connectivity index (χ0) is 25.2. The van der Waals surface area contributed by atoms with Crippen LogP contribution in [0.4, 0.5) is 13.2 Å².